The molecule has 0 spiro atoms. The number of Topliss-reactive ketones (excluding diaryl/α,β-unsaturated/α-hetero) is 1. The quantitative estimate of drug-likeness (QED) is 0.598. The minimum absolute atomic E-state index is 0.234. The van der Waals surface area contributed by atoms with Gasteiger partial charge >= 0.3 is 18.7 Å². The Morgan fingerprint density at radius 2 is 1.27 bits per heavy atom. The van der Waals surface area contributed by atoms with Gasteiger partial charge in [0.1, 0.15) is 0 Å². The number of ketones is 1. The fourth-order valence-electron chi connectivity index (χ4n) is 0.478. The molecular weight excluding hydrogens is 238 g/mol. The molecule has 0 saturated heterocycles. The lowest BCUT2D eigenvalue weighted by molar-refractivity contribution is -0.512. The van der Waals surface area contributed by atoms with Crippen molar-refractivity contribution < 1.29 is 45.7 Å². The summed E-state index contributed by atoms with van der Waals surface area (Å²) < 4.78 is 74.1. The van der Waals surface area contributed by atoms with E-state index in [4.69, 9.17) is 5.11 Å². The number of aliphatic hydroxyl groups is 1. The van der Waals surface area contributed by atoms with Crippen LogP contribution in [0.5, 0.6) is 0 Å². The molecule has 0 aliphatic rings. The van der Waals surface area contributed by atoms with Crippen LogP contribution in [0.3, 0.4) is 0 Å². The summed E-state index contributed by atoms with van der Waals surface area (Å²) >= 11 is 0. The van der Waals surface area contributed by atoms with E-state index in [0.717, 1.165) is 0 Å². The highest BCUT2D eigenvalue weighted by Gasteiger charge is 2.53. The van der Waals surface area contributed by atoms with E-state index in [9.17, 15) is 31.1 Å². The van der Waals surface area contributed by atoms with Crippen LogP contribution in [0.2, 0.25) is 0 Å². The average molecular weight is 242 g/mol. The molecule has 0 radical (unpaired) electrons. The van der Waals surface area contributed by atoms with Crippen molar-refractivity contribution in [2.75, 3.05) is 0 Å². The fourth-order valence-corrected chi connectivity index (χ4v) is 0.478. The van der Waals surface area contributed by atoms with E-state index >= 15 is 0 Å². The van der Waals surface area contributed by atoms with Crippen molar-refractivity contribution in [3.05, 3.63) is 0 Å². The van der Waals surface area contributed by atoms with Gasteiger partial charge < -0.3 is 5.11 Å². The highest BCUT2D eigenvalue weighted by atomic mass is 19.4. The van der Waals surface area contributed by atoms with Crippen LogP contribution >= 0.6 is 0 Å². The zero-order chi connectivity index (χ0) is 12.5. The maximum Gasteiger partial charge on any atom is 0.527 e. The second kappa shape index (κ2) is 3.94. The molecule has 0 aromatic rings. The molecule has 0 aliphatic heterocycles. The van der Waals surface area contributed by atoms with Gasteiger partial charge in [-0.15, -0.1) is 26.3 Å². The summed E-state index contributed by atoms with van der Waals surface area (Å²) in [5.74, 6) is -6.42. The monoisotopic (exact) mass is 242 g/mol. The largest absolute Gasteiger partial charge is 0.527 e. The van der Waals surface area contributed by atoms with Gasteiger partial charge in [0.15, 0.2) is 0 Å². The van der Waals surface area contributed by atoms with Crippen molar-refractivity contribution in [1.82, 2.24) is 0 Å². The molecule has 0 heterocycles. The topological polar surface area (TPSA) is 55.8 Å². The zero-order valence-electron chi connectivity index (χ0n) is 6.94. The molecule has 0 atom stereocenters. The predicted molar refractivity (Wildman–Crippen MR) is 29.9 cm³/mol. The Bertz CT molecular complexity index is 227. The van der Waals surface area contributed by atoms with Crippen molar-refractivity contribution in [2.45, 2.75) is 25.6 Å². The van der Waals surface area contributed by atoms with Gasteiger partial charge in [0.05, 0.1) is 0 Å². The van der Waals surface area contributed by atoms with Crippen molar-refractivity contribution in [2.24, 2.45) is 0 Å². The molecule has 0 amide bonds. The first-order chi connectivity index (χ1) is 6.36. The minimum Gasteiger partial charge on any atom is -0.337 e. The number of halogens is 6. The predicted octanol–water partition coefficient (Wildman–Crippen LogP) is 1.29. The standard InChI is InChI=1S/C5H4F6O4/c1-2(12)3(13,14-4(6,7)8)15-5(9,10)11/h13H,1H3. The van der Waals surface area contributed by atoms with Crippen LogP contribution < -0.4 is 0 Å². The second-order valence-corrected chi connectivity index (χ2v) is 2.23. The lowest BCUT2D eigenvalue weighted by Crippen LogP contribution is -2.49. The molecule has 0 fully saturated rings. The Morgan fingerprint density at radius 3 is 1.40 bits per heavy atom. The molecule has 15 heavy (non-hydrogen) atoms. The molecule has 0 unspecified atom stereocenters. The van der Waals surface area contributed by atoms with E-state index in [-0.39, 0.29) is 6.92 Å². The summed E-state index contributed by atoms with van der Waals surface area (Å²) in [7, 11) is 0. The first-order valence-corrected chi connectivity index (χ1v) is 3.13. The molecule has 0 aliphatic carbocycles. The third-order valence-electron chi connectivity index (χ3n) is 0.953. The number of hydrogen-bond donors (Lipinski definition) is 1. The van der Waals surface area contributed by atoms with Crippen molar-refractivity contribution >= 4 is 5.78 Å². The highest BCUT2D eigenvalue weighted by Crippen LogP contribution is 2.31. The number of alkyl halides is 6. The number of carbonyl (C=O) groups excluding carboxylic acids is 1. The molecular formula is C5H4F6O4. The molecule has 0 rings (SSSR count). The van der Waals surface area contributed by atoms with E-state index in [1.807, 2.05) is 0 Å². The lowest BCUT2D eigenvalue weighted by atomic mass is 10.4. The average Bonchev–Trinajstić information content (AvgIpc) is 1.75. The Hall–Kier alpha value is -0.870. The molecule has 4 nitrogen and oxygen atoms in total. The summed E-state index contributed by atoms with van der Waals surface area (Å²) in [5.41, 5.74) is 0. The molecule has 10 heteroatoms. The molecule has 0 bridgehead atoms. The summed E-state index contributed by atoms with van der Waals surface area (Å²) in [6.07, 6.45) is -11.3. The van der Waals surface area contributed by atoms with Crippen LogP contribution in [0.25, 0.3) is 0 Å². The van der Waals surface area contributed by atoms with E-state index in [1.165, 1.54) is 0 Å². The number of carbonyl (C=O) groups is 1. The van der Waals surface area contributed by atoms with Crippen LogP contribution in [0.15, 0.2) is 0 Å². The second-order valence-electron chi connectivity index (χ2n) is 2.23. The van der Waals surface area contributed by atoms with Gasteiger partial charge in [0.2, 0.25) is 5.78 Å². The van der Waals surface area contributed by atoms with E-state index < -0.39 is 24.5 Å². The Morgan fingerprint density at radius 1 is 1.00 bits per heavy atom. The van der Waals surface area contributed by atoms with Crippen LogP contribution in [0.1, 0.15) is 6.92 Å². The minimum atomic E-state index is -5.66. The summed E-state index contributed by atoms with van der Waals surface area (Å²) in [6, 6.07) is 0. The Labute approximate surface area is 78.4 Å². The van der Waals surface area contributed by atoms with Gasteiger partial charge in [-0.25, -0.2) is 9.47 Å². The van der Waals surface area contributed by atoms with Crippen LogP contribution in [-0.4, -0.2) is 29.6 Å². The summed E-state index contributed by atoms with van der Waals surface area (Å²) in [4.78, 5) is 10.3. The smallest absolute Gasteiger partial charge is 0.337 e. The van der Waals surface area contributed by atoms with Gasteiger partial charge in [0.25, 0.3) is 0 Å². The number of ether oxygens (including phenoxy) is 2. The van der Waals surface area contributed by atoms with E-state index in [2.05, 4.69) is 9.47 Å². The zero-order valence-corrected chi connectivity index (χ0v) is 6.94. The Balaban J connectivity index is 4.85. The third-order valence-corrected chi connectivity index (χ3v) is 0.953. The van der Waals surface area contributed by atoms with Gasteiger partial charge in [-0.05, 0) is 0 Å². The first kappa shape index (κ1) is 14.1. The lowest BCUT2D eigenvalue weighted by Gasteiger charge is -2.26. The van der Waals surface area contributed by atoms with Gasteiger partial charge in [-0.3, -0.25) is 4.79 Å². The molecule has 0 aromatic carbocycles. The van der Waals surface area contributed by atoms with Crippen molar-refractivity contribution in [3.8, 4) is 0 Å². The first-order valence-electron chi connectivity index (χ1n) is 3.13. The van der Waals surface area contributed by atoms with Crippen LogP contribution in [-0.2, 0) is 14.3 Å². The molecule has 90 valence electrons. The summed E-state index contributed by atoms with van der Waals surface area (Å²) in [6.45, 7) is 0.234. The maximum absolute atomic E-state index is 11.5. The van der Waals surface area contributed by atoms with E-state index in [1.54, 1.807) is 0 Å². The molecule has 0 aromatic heterocycles. The summed E-state index contributed by atoms with van der Waals surface area (Å²) in [5, 5.41) is 8.53. The fraction of sp³-hybridized carbons (Fsp3) is 0.800. The number of rotatable bonds is 3. The van der Waals surface area contributed by atoms with Crippen molar-refractivity contribution in [1.29, 1.82) is 0 Å². The van der Waals surface area contributed by atoms with Gasteiger partial charge in [-0.2, -0.15) is 0 Å². The number of hydrogen-bond acceptors (Lipinski definition) is 4. The van der Waals surface area contributed by atoms with E-state index in [0.29, 0.717) is 0 Å². The van der Waals surface area contributed by atoms with Crippen molar-refractivity contribution in [3.63, 3.8) is 0 Å². The van der Waals surface area contributed by atoms with Crippen LogP contribution in [0, 0.1) is 0 Å². The maximum atomic E-state index is 11.5. The van der Waals surface area contributed by atoms with Gasteiger partial charge in [0, 0.05) is 6.92 Å². The molecule has 1 N–H and O–H groups in total. The Kier molecular flexibility index (Phi) is 3.72. The normalized spacial score (nSPS) is 14.1. The van der Waals surface area contributed by atoms with Gasteiger partial charge in [-0.1, -0.05) is 0 Å². The van der Waals surface area contributed by atoms with Crippen LogP contribution in [0.4, 0.5) is 26.3 Å². The third kappa shape index (κ3) is 5.54. The molecule has 0 saturated carbocycles. The SMILES string of the molecule is CC(=O)C(O)(OC(F)(F)F)OC(F)(F)F. The highest BCUT2D eigenvalue weighted by molar-refractivity contribution is 5.81.